The van der Waals surface area contributed by atoms with E-state index in [0.717, 1.165) is 50.7 Å². The van der Waals surface area contributed by atoms with Crippen LogP contribution in [-0.4, -0.2) is 64.7 Å². The van der Waals surface area contributed by atoms with Gasteiger partial charge in [0.1, 0.15) is 0 Å². The van der Waals surface area contributed by atoms with E-state index < -0.39 is 0 Å². The fraction of sp³-hybridized carbons (Fsp3) is 0.667. The molecule has 0 bridgehead atoms. The minimum Gasteiger partial charge on any atom is -0.355 e. The number of aromatic nitrogens is 3. The molecule has 1 unspecified atom stereocenters. The summed E-state index contributed by atoms with van der Waals surface area (Å²) in [5, 5.41) is 8.30. The van der Waals surface area contributed by atoms with Crippen molar-refractivity contribution >= 4 is 27.3 Å². The van der Waals surface area contributed by atoms with Gasteiger partial charge >= 0.3 is 0 Å². The molecule has 1 N–H and O–H groups in total. The molecule has 2 aromatic rings. The standard InChI is InChI=1S/C18H26N6O2S/c1-13-11-15(25)24-17(20-13)27-18(21-24)23-9-4-5-14(12-23)16(26)19-6-10-22-7-2-3-8-22/h11,14H,2-10,12H2,1H3,(H,19,26). The monoisotopic (exact) mass is 390 g/mol. The summed E-state index contributed by atoms with van der Waals surface area (Å²) in [4.78, 5) is 34.2. The lowest BCUT2D eigenvalue weighted by Gasteiger charge is -2.31. The summed E-state index contributed by atoms with van der Waals surface area (Å²) in [6, 6.07) is 1.49. The molecule has 2 aromatic heterocycles. The smallest absolute Gasteiger partial charge is 0.275 e. The SMILES string of the molecule is Cc1cc(=O)n2nc(N3CCCC(C(=O)NCCN4CCCC4)C3)sc2n1. The number of nitrogens with zero attached hydrogens (tertiary/aromatic N) is 5. The normalized spacial score (nSPS) is 21.1. The van der Waals surface area contributed by atoms with Crippen LogP contribution in [0.4, 0.5) is 5.13 Å². The molecule has 9 heteroatoms. The number of nitrogens with one attached hydrogen (secondary N) is 1. The molecule has 2 fully saturated rings. The first-order chi connectivity index (χ1) is 13.1. The van der Waals surface area contributed by atoms with E-state index in [2.05, 4.69) is 25.2 Å². The van der Waals surface area contributed by atoms with E-state index in [1.54, 1.807) is 0 Å². The van der Waals surface area contributed by atoms with Gasteiger partial charge in [-0.15, -0.1) is 5.10 Å². The number of amides is 1. The first kappa shape index (κ1) is 18.4. The predicted octanol–water partition coefficient (Wildman–Crippen LogP) is 0.888. The molecular formula is C18H26N6O2S. The molecule has 8 nitrogen and oxygen atoms in total. The molecule has 0 spiro atoms. The molecule has 0 aromatic carbocycles. The van der Waals surface area contributed by atoms with Crippen LogP contribution < -0.4 is 15.8 Å². The highest BCUT2D eigenvalue weighted by Gasteiger charge is 2.28. The number of rotatable bonds is 5. The molecule has 2 aliphatic rings. The summed E-state index contributed by atoms with van der Waals surface area (Å²) in [5.74, 6) is 0.0990. The van der Waals surface area contributed by atoms with Crippen molar-refractivity contribution < 1.29 is 4.79 Å². The Balaban J connectivity index is 1.38. The molecule has 0 radical (unpaired) electrons. The van der Waals surface area contributed by atoms with Crippen molar-refractivity contribution in [1.82, 2.24) is 24.8 Å². The van der Waals surface area contributed by atoms with Gasteiger partial charge in [-0.25, -0.2) is 4.98 Å². The van der Waals surface area contributed by atoms with Crippen LogP contribution in [0.5, 0.6) is 0 Å². The molecule has 4 rings (SSSR count). The first-order valence-electron chi connectivity index (χ1n) is 9.73. The molecule has 27 heavy (non-hydrogen) atoms. The van der Waals surface area contributed by atoms with Crippen LogP contribution in [0.25, 0.3) is 4.96 Å². The van der Waals surface area contributed by atoms with Crippen molar-refractivity contribution in [2.75, 3.05) is 44.2 Å². The summed E-state index contributed by atoms with van der Waals surface area (Å²) < 4.78 is 1.35. The Hall–Kier alpha value is -2.00. The summed E-state index contributed by atoms with van der Waals surface area (Å²) in [6.07, 6.45) is 4.38. The van der Waals surface area contributed by atoms with E-state index in [-0.39, 0.29) is 17.4 Å². The summed E-state index contributed by atoms with van der Waals surface area (Å²) in [6.45, 7) is 7.26. The van der Waals surface area contributed by atoms with Crippen molar-refractivity contribution in [1.29, 1.82) is 0 Å². The number of hydrogen-bond acceptors (Lipinski definition) is 7. The molecule has 1 atom stereocenters. The zero-order valence-electron chi connectivity index (χ0n) is 15.7. The van der Waals surface area contributed by atoms with Crippen LogP contribution in [0.15, 0.2) is 10.9 Å². The van der Waals surface area contributed by atoms with Gasteiger partial charge in [-0.1, -0.05) is 11.3 Å². The Morgan fingerprint density at radius 2 is 2.11 bits per heavy atom. The fourth-order valence-corrected chi connectivity index (χ4v) is 4.88. The number of carbonyl (C=O) groups is 1. The molecular weight excluding hydrogens is 364 g/mol. The third-order valence-corrected chi connectivity index (χ3v) is 6.32. The van der Waals surface area contributed by atoms with E-state index >= 15 is 0 Å². The van der Waals surface area contributed by atoms with Gasteiger partial charge in [0.15, 0.2) is 0 Å². The zero-order chi connectivity index (χ0) is 18.8. The van der Waals surface area contributed by atoms with E-state index in [1.807, 2.05) is 6.92 Å². The van der Waals surface area contributed by atoms with E-state index in [4.69, 9.17) is 0 Å². The highest BCUT2D eigenvalue weighted by molar-refractivity contribution is 7.20. The van der Waals surface area contributed by atoms with Crippen LogP contribution in [0.2, 0.25) is 0 Å². The zero-order valence-corrected chi connectivity index (χ0v) is 16.5. The summed E-state index contributed by atoms with van der Waals surface area (Å²) in [5.41, 5.74) is 0.539. The van der Waals surface area contributed by atoms with Gasteiger partial charge in [0.25, 0.3) is 5.56 Å². The average molecular weight is 391 g/mol. The van der Waals surface area contributed by atoms with Crippen molar-refractivity contribution in [3.63, 3.8) is 0 Å². The van der Waals surface area contributed by atoms with Crippen LogP contribution in [-0.2, 0) is 4.79 Å². The number of aryl methyl sites for hydroxylation is 1. The third kappa shape index (κ3) is 4.14. The second-order valence-electron chi connectivity index (χ2n) is 7.44. The average Bonchev–Trinajstić information content (AvgIpc) is 3.31. The van der Waals surface area contributed by atoms with Gasteiger partial charge in [0, 0.05) is 37.9 Å². The van der Waals surface area contributed by atoms with E-state index in [1.165, 1.54) is 34.8 Å². The second-order valence-corrected chi connectivity index (χ2v) is 8.37. The highest BCUT2D eigenvalue weighted by atomic mass is 32.1. The molecule has 2 aliphatic heterocycles. The van der Waals surface area contributed by atoms with Gasteiger partial charge < -0.3 is 15.1 Å². The lowest BCUT2D eigenvalue weighted by Crippen LogP contribution is -2.44. The summed E-state index contributed by atoms with van der Waals surface area (Å²) in [7, 11) is 0. The Morgan fingerprint density at radius 1 is 1.30 bits per heavy atom. The Bertz CT molecular complexity index is 872. The Kier molecular flexibility index (Phi) is 5.40. The van der Waals surface area contributed by atoms with Gasteiger partial charge in [-0.05, 0) is 45.7 Å². The first-order valence-corrected chi connectivity index (χ1v) is 10.5. The lowest BCUT2D eigenvalue weighted by atomic mass is 9.97. The minimum absolute atomic E-state index is 0.0317. The second kappa shape index (κ2) is 7.93. The number of hydrogen-bond donors (Lipinski definition) is 1. The Labute approximate surface area is 162 Å². The maximum absolute atomic E-state index is 12.6. The number of carbonyl (C=O) groups excluding carboxylic acids is 1. The Morgan fingerprint density at radius 3 is 2.93 bits per heavy atom. The van der Waals surface area contributed by atoms with Crippen LogP contribution >= 0.6 is 11.3 Å². The molecule has 1 amide bonds. The van der Waals surface area contributed by atoms with Crippen molar-refractivity contribution in [2.24, 2.45) is 5.92 Å². The van der Waals surface area contributed by atoms with Crippen LogP contribution in [0, 0.1) is 12.8 Å². The molecule has 2 saturated heterocycles. The highest BCUT2D eigenvalue weighted by Crippen LogP contribution is 2.26. The van der Waals surface area contributed by atoms with E-state index in [0.29, 0.717) is 17.2 Å². The van der Waals surface area contributed by atoms with Crippen LogP contribution in [0.3, 0.4) is 0 Å². The van der Waals surface area contributed by atoms with E-state index in [9.17, 15) is 9.59 Å². The summed E-state index contributed by atoms with van der Waals surface area (Å²) >= 11 is 1.41. The van der Waals surface area contributed by atoms with Gasteiger partial charge in [-0.2, -0.15) is 4.52 Å². The quantitative estimate of drug-likeness (QED) is 0.816. The van der Waals surface area contributed by atoms with Gasteiger partial charge in [-0.3, -0.25) is 9.59 Å². The number of anilines is 1. The van der Waals surface area contributed by atoms with Crippen molar-refractivity contribution in [3.05, 3.63) is 22.1 Å². The maximum Gasteiger partial charge on any atom is 0.275 e. The predicted molar refractivity (Wildman–Crippen MR) is 105 cm³/mol. The molecule has 0 saturated carbocycles. The van der Waals surface area contributed by atoms with Crippen molar-refractivity contribution in [2.45, 2.75) is 32.6 Å². The number of piperidine rings is 1. The number of fused-ring (bicyclic) bond motifs is 1. The topological polar surface area (TPSA) is 82.8 Å². The largest absolute Gasteiger partial charge is 0.355 e. The molecule has 0 aliphatic carbocycles. The van der Waals surface area contributed by atoms with Crippen LogP contribution in [0.1, 0.15) is 31.4 Å². The lowest BCUT2D eigenvalue weighted by molar-refractivity contribution is -0.125. The van der Waals surface area contributed by atoms with Gasteiger partial charge in [0.05, 0.1) is 5.92 Å². The minimum atomic E-state index is -0.159. The molecule has 4 heterocycles. The third-order valence-electron chi connectivity index (χ3n) is 5.35. The maximum atomic E-state index is 12.6. The molecule has 146 valence electrons. The fourth-order valence-electron chi connectivity index (χ4n) is 3.89. The van der Waals surface area contributed by atoms with Gasteiger partial charge in [0.2, 0.25) is 16.0 Å². The number of likely N-dealkylation sites (tertiary alicyclic amines) is 1. The van der Waals surface area contributed by atoms with Crippen molar-refractivity contribution in [3.8, 4) is 0 Å².